The summed E-state index contributed by atoms with van der Waals surface area (Å²) in [7, 11) is 0. The third-order valence-electron chi connectivity index (χ3n) is 4.51. The van der Waals surface area contributed by atoms with E-state index in [1.54, 1.807) is 6.08 Å². The first kappa shape index (κ1) is 20.6. The average Bonchev–Trinajstić information content (AvgIpc) is 3.10. The smallest absolute Gasteiger partial charge is 0.363 e. The standard InChI is InChI=1S/C24H17ClINO3/c1-15-11-18(7-10-21(15)26)23-27-22(24(28)30-23)13-17-3-2-4-20(12-17)29-14-16-5-8-19(25)9-6-16/h2-13H,14H2,1H3/b22-13-. The molecule has 4 rings (SSSR count). The number of esters is 1. The molecule has 4 nitrogen and oxygen atoms in total. The number of cyclic esters (lactones) is 1. The third-order valence-corrected chi connectivity index (χ3v) is 5.97. The van der Waals surface area contributed by atoms with E-state index in [2.05, 4.69) is 27.6 Å². The minimum absolute atomic E-state index is 0.260. The monoisotopic (exact) mass is 529 g/mol. The maximum atomic E-state index is 12.3. The van der Waals surface area contributed by atoms with E-state index in [-0.39, 0.29) is 5.70 Å². The van der Waals surface area contributed by atoms with Crippen molar-refractivity contribution in [1.82, 2.24) is 0 Å². The number of carbonyl (C=O) groups is 1. The summed E-state index contributed by atoms with van der Waals surface area (Å²) in [6.45, 7) is 2.43. The van der Waals surface area contributed by atoms with Crippen molar-refractivity contribution >= 4 is 52.1 Å². The van der Waals surface area contributed by atoms with E-state index in [1.807, 2.05) is 73.7 Å². The Bertz CT molecular complexity index is 1170. The summed E-state index contributed by atoms with van der Waals surface area (Å²) >= 11 is 8.18. The first-order valence-electron chi connectivity index (χ1n) is 9.24. The van der Waals surface area contributed by atoms with Crippen LogP contribution in [0.4, 0.5) is 0 Å². The Morgan fingerprint density at radius 3 is 2.67 bits per heavy atom. The summed E-state index contributed by atoms with van der Waals surface area (Å²) in [4.78, 5) is 16.7. The van der Waals surface area contributed by atoms with Crippen molar-refractivity contribution in [2.75, 3.05) is 0 Å². The van der Waals surface area contributed by atoms with Gasteiger partial charge in [-0.2, -0.15) is 0 Å². The fraction of sp³-hybridized carbons (Fsp3) is 0.0833. The maximum absolute atomic E-state index is 12.3. The molecule has 0 bridgehead atoms. The Morgan fingerprint density at radius 1 is 1.10 bits per heavy atom. The number of hydrogen-bond acceptors (Lipinski definition) is 4. The molecule has 3 aromatic rings. The van der Waals surface area contributed by atoms with Crippen LogP contribution in [-0.4, -0.2) is 11.9 Å². The van der Waals surface area contributed by atoms with Crippen LogP contribution in [0.5, 0.6) is 5.75 Å². The molecular weight excluding hydrogens is 513 g/mol. The van der Waals surface area contributed by atoms with Gasteiger partial charge in [-0.3, -0.25) is 0 Å². The van der Waals surface area contributed by atoms with Crippen LogP contribution < -0.4 is 4.74 Å². The number of hydrogen-bond donors (Lipinski definition) is 0. The fourth-order valence-corrected chi connectivity index (χ4v) is 3.37. The molecule has 0 amide bonds. The quantitative estimate of drug-likeness (QED) is 0.225. The van der Waals surface area contributed by atoms with Gasteiger partial charge in [0.1, 0.15) is 12.4 Å². The molecule has 30 heavy (non-hydrogen) atoms. The number of ether oxygens (including phenoxy) is 2. The summed E-state index contributed by atoms with van der Waals surface area (Å²) in [5, 5.41) is 0.691. The van der Waals surface area contributed by atoms with Gasteiger partial charge < -0.3 is 9.47 Å². The minimum Gasteiger partial charge on any atom is -0.489 e. The van der Waals surface area contributed by atoms with E-state index in [0.29, 0.717) is 23.3 Å². The predicted molar refractivity (Wildman–Crippen MR) is 127 cm³/mol. The van der Waals surface area contributed by atoms with Crippen molar-refractivity contribution in [2.24, 2.45) is 4.99 Å². The summed E-state index contributed by atoms with van der Waals surface area (Å²) in [5.74, 6) is 0.553. The van der Waals surface area contributed by atoms with Gasteiger partial charge in [-0.1, -0.05) is 35.9 Å². The second-order valence-electron chi connectivity index (χ2n) is 6.79. The molecule has 0 atom stereocenters. The average molecular weight is 530 g/mol. The number of halogens is 2. The van der Waals surface area contributed by atoms with Gasteiger partial charge >= 0.3 is 5.97 Å². The van der Waals surface area contributed by atoms with E-state index in [0.717, 1.165) is 25.8 Å². The van der Waals surface area contributed by atoms with Crippen LogP contribution in [0.3, 0.4) is 0 Å². The first-order chi connectivity index (χ1) is 14.5. The molecule has 0 unspecified atom stereocenters. The highest BCUT2D eigenvalue weighted by Gasteiger charge is 2.24. The Balaban J connectivity index is 1.51. The molecule has 0 aromatic heterocycles. The molecule has 1 aliphatic heterocycles. The van der Waals surface area contributed by atoms with E-state index >= 15 is 0 Å². The molecule has 1 heterocycles. The minimum atomic E-state index is -0.464. The van der Waals surface area contributed by atoms with Crippen molar-refractivity contribution < 1.29 is 14.3 Å². The Hall–Kier alpha value is -2.64. The van der Waals surface area contributed by atoms with Crippen LogP contribution >= 0.6 is 34.2 Å². The summed E-state index contributed by atoms with van der Waals surface area (Å²) in [6.07, 6.45) is 1.70. The highest BCUT2D eigenvalue weighted by Crippen LogP contribution is 2.23. The second kappa shape index (κ2) is 9.02. The first-order valence-corrected chi connectivity index (χ1v) is 10.7. The van der Waals surface area contributed by atoms with E-state index in [4.69, 9.17) is 21.1 Å². The van der Waals surface area contributed by atoms with E-state index < -0.39 is 5.97 Å². The maximum Gasteiger partial charge on any atom is 0.363 e. The molecule has 0 radical (unpaired) electrons. The lowest BCUT2D eigenvalue weighted by molar-refractivity contribution is -0.129. The van der Waals surface area contributed by atoms with Crippen molar-refractivity contribution in [2.45, 2.75) is 13.5 Å². The van der Waals surface area contributed by atoms with Gasteiger partial charge in [-0.05, 0) is 94.7 Å². The fourth-order valence-electron chi connectivity index (χ4n) is 2.91. The van der Waals surface area contributed by atoms with Gasteiger partial charge in [0.25, 0.3) is 0 Å². The number of aliphatic imine (C=N–C) groups is 1. The van der Waals surface area contributed by atoms with Crippen molar-refractivity contribution in [3.63, 3.8) is 0 Å². The largest absolute Gasteiger partial charge is 0.489 e. The SMILES string of the molecule is Cc1cc(C2=N/C(=C\c3cccc(OCc4ccc(Cl)cc4)c3)C(=O)O2)ccc1I. The number of benzene rings is 3. The van der Waals surface area contributed by atoms with Crippen molar-refractivity contribution in [1.29, 1.82) is 0 Å². The second-order valence-corrected chi connectivity index (χ2v) is 8.39. The molecule has 0 saturated carbocycles. The van der Waals surface area contributed by atoms with E-state index in [1.165, 1.54) is 0 Å². The number of nitrogens with zero attached hydrogens (tertiary/aromatic N) is 1. The predicted octanol–water partition coefficient (Wildman–Crippen LogP) is 6.18. The normalized spacial score (nSPS) is 14.6. The van der Waals surface area contributed by atoms with Gasteiger partial charge in [0.15, 0.2) is 5.70 Å². The highest BCUT2D eigenvalue weighted by atomic mass is 127. The van der Waals surface area contributed by atoms with Crippen LogP contribution in [0.1, 0.15) is 22.3 Å². The van der Waals surface area contributed by atoms with Crippen molar-refractivity contribution in [3.8, 4) is 5.75 Å². The lowest BCUT2D eigenvalue weighted by atomic mass is 10.1. The molecule has 0 aliphatic carbocycles. The molecule has 0 N–H and O–H groups in total. The van der Waals surface area contributed by atoms with Crippen LogP contribution in [0.15, 0.2) is 77.4 Å². The lowest BCUT2D eigenvalue weighted by Gasteiger charge is -2.07. The zero-order valence-electron chi connectivity index (χ0n) is 16.1. The molecule has 150 valence electrons. The third kappa shape index (κ3) is 4.91. The van der Waals surface area contributed by atoms with Gasteiger partial charge in [-0.25, -0.2) is 9.79 Å². The molecule has 0 fully saturated rings. The molecule has 0 spiro atoms. The zero-order valence-corrected chi connectivity index (χ0v) is 19.0. The number of carbonyl (C=O) groups excluding carboxylic acids is 1. The highest BCUT2D eigenvalue weighted by molar-refractivity contribution is 14.1. The molecular formula is C24H17ClINO3. The summed E-state index contributed by atoms with van der Waals surface area (Å²) in [5.41, 5.74) is 3.97. The lowest BCUT2D eigenvalue weighted by Crippen LogP contribution is -2.05. The van der Waals surface area contributed by atoms with E-state index in [9.17, 15) is 4.79 Å². The Labute approximate surface area is 193 Å². The van der Waals surface area contributed by atoms with Crippen LogP contribution in [0.2, 0.25) is 5.02 Å². The number of aryl methyl sites for hydroxylation is 1. The molecule has 6 heteroatoms. The van der Waals surface area contributed by atoms with Gasteiger partial charge in [0, 0.05) is 14.2 Å². The zero-order chi connectivity index (χ0) is 21.1. The molecule has 3 aromatic carbocycles. The van der Waals surface area contributed by atoms with Crippen LogP contribution in [0.25, 0.3) is 6.08 Å². The van der Waals surface area contributed by atoms with Crippen LogP contribution in [0, 0.1) is 10.5 Å². The van der Waals surface area contributed by atoms with Crippen molar-refractivity contribution in [3.05, 3.63) is 103 Å². The topological polar surface area (TPSA) is 47.9 Å². The molecule has 1 aliphatic rings. The number of rotatable bonds is 5. The Morgan fingerprint density at radius 2 is 1.90 bits per heavy atom. The summed E-state index contributed by atoms with van der Waals surface area (Å²) in [6, 6.07) is 20.8. The Kier molecular flexibility index (Phi) is 6.20. The summed E-state index contributed by atoms with van der Waals surface area (Å²) < 4.78 is 12.4. The van der Waals surface area contributed by atoms with Gasteiger partial charge in [0.2, 0.25) is 5.90 Å². The van der Waals surface area contributed by atoms with Gasteiger partial charge in [-0.15, -0.1) is 0 Å². The van der Waals surface area contributed by atoms with Crippen LogP contribution in [-0.2, 0) is 16.1 Å². The molecule has 0 saturated heterocycles. The van der Waals surface area contributed by atoms with Gasteiger partial charge in [0.05, 0.1) is 0 Å².